The maximum Gasteiger partial charge on any atom is 0.306 e. The highest BCUT2D eigenvalue weighted by atomic mass is 16.6. The highest BCUT2D eigenvalue weighted by Crippen LogP contribution is 2.20. The summed E-state index contributed by atoms with van der Waals surface area (Å²) in [6.45, 7) is 8.86. The van der Waals surface area contributed by atoms with Crippen LogP contribution in [0.25, 0.3) is 0 Å². The molecule has 0 fully saturated rings. The van der Waals surface area contributed by atoms with E-state index in [1.807, 2.05) is 0 Å². The first-order valence-electron chi connectivity index (χ1n) is 35.2. The van der Waals surface area contributed by atoms with E-state index in [1.165, 1.54) is 225 Å². The normalized spacial score (nSPS) is 12.3. The fraction of sp³-hybridized carbons (Fsp3) is 0.915. The van der Waals surface area contributed by atoms with Gasteiger partial charge in [0.1, 0.15) is 19.3 Å². The lowest BCUT2D eigenvalue weighted by Gasteiger charge is -2.18. The van der Waals surface area contributed by atoms with Gasteiger partial charge >= 0.3 is 23.9 Å². The summed E-state index contributed by atoms with van der Waals surface area (Å²) in [4.78, 5) is 51.3. The highest BCUT2D eigenvalue weighted by molar-refractivity contribution is 5.71. The van der Waals surface area contributed by atoms with E-state index in [4.69, 9.17) is 18.9 Å². The van der Waals surface area contributed by atoms with Gasteiger partial charge in [-0.1, -0.05) is 303 Å². The third-order valence-electron chi connectivity index (χ3n) is 16.1. The molecule has 0 saturated heterocycles. The maximum atomic E-state index is 13.0. The molecule has 1 unspecified atom stereocenters. The average Bonchev–Trinajstić information content (AvgIpc) is 3.44. The SMILES string of the molecule is CCCCCCCC/C=C\CCCCCCCC(=O)OC[C@@H](COC(=O)CCCCCCCCCCCCCCC)OC(=O)CCCCCCCCCCC(CCCCCC)OC(=O)CCCCCCCCCCCCCCC. The van der Waals surface area contributed by atoms with Crippen LogP contribution in [-0.4, -0.2) is 49.3 Å². The molecule has 0 aliphatic rings. The van der Waals surface area contributed by atoms with Crippen molar-refractivity contribution in [1.29, 1.82) is 0 Å². The molecule has 0 rings (SSSR count). The summed E-state index contributed by atoms with van der Waals surface area (Å²) in [5, 5.41) is 0. The molecule has 0 bridgehead atoms. The van der Waals surface area contributed by atoms with Crippen molar-refractivity contribution in [1.82, 2.24) is 0 Å². The molecule has 79 heavy (non-hydrogen) atoms. The van der Waals surface area contributed by atoms with Crippen LogP contribution in [0.3, 0.4) is 0 Å². The first kappa shape index (κ1) is 76.6. The van der Waals surface area contributed by atoms with E-state index >= 15 is 0 Å². The lowest BCUT2D eigenvalue weighted by atomic mass is 10.0. The van der Waals surface area contributed by atoms with Crippen molar-refractivity contribution in [2.75, 3.05) is 13.2 Å². The third-order valence-corrected chi connectivity index (χ3v) is 16.1. The van der Waals surface area contributed by atoms with Crippen LogP contribution in [0.15, 0.2) is 12.2 Å². The van der Waals surface area contributed by atoms with Crippen LogP contribution in [0.2, 0.25) is 0 Å². The van der Waals surface area contributed by atoms with Gasteiger partial charge in [0.2, 0.25) is 0 Å². The molecule has 0 saturated carbocycles. The second-order valence-electron chi connectivity index (χ2n) is 24.1. The molecule has 8 heteroatoms. The summed E-state index contributed by atoms with van der Waals surface area (Å²) >= 11 is 0. The summed E-state index contributed by atoms with van der Waals surface area (Å²) in [5.74, 6) is -0.910. The molecule has 0 aromatic carbocycles. The fourth-order valence-electron chi connectivity index (χ4n) is 10.8. The van der Waals surface area contributed by atoms with Crippen molar-refractivity contribution in [3.8, 4) is 0 Å². The summed E-state index contributed by atoms with van der Waals surface area (Å²) in [7, 11) is 0. The van der Waals surface area contributed by atoms with E-state index in [9.17, 15) is 19.2 Å². The van der Waals surface area contributed by atoms with E-state index in [-0.39, 0.29) is 43.2 Å². The number of carbonyl (C=O) groups excluding carboxylic acids is 4. The smallest absolute Gasteiger partial charge is 0.306 e. The number of esters is 4. The number of hydrogen-bond acceptors (Lipinski definition) is 8. The van der Waals surface area contributed by atoms with Crippen LogP contribution in [0.1, 0.15) is 394 Å². The standard InChI is InChI=1S/C71H134O8/c1-5-9-13-17-20-23-26-29-30-33-35-38-44-49-55-61-69(73)77-65-67(64-76-68(72)60-54-48-43-37-34-31-27-24-21-18-14-10-6-2)79-71(75)63-57-51-46-41-40-42-47-53-59-66(58-52-16-12-8-4)78-70(74)62-56-50-45-39-36-32-28-25-22-19-15-11-7-3/h29-30,66-67H,5-28,31-65H2,1-4H3/b30-29-/t66?,67-/m1/s1. The largest absolute Gasteiger partial charge is 0.462 e. The average molecular weight is 1120 g/mol. The van der Waals surface area contributed by atoms with Gasteiger partial charge in [0, 0.05) is 25.7 Å². The van der Waals surface area contributed by atoms with Crippen LogP contribution >= 0.6 is 0 Å². The molecule has 0 amide bonds. The minimum atomic E-state index is -0.801. The number of ether oxygens (including phenoxy) is 4. The van der Waals surface area contributed by atoms with Gasteiger partial charge in [-0.3, -0.25) is 19.2 Å². The van der Waals surface area contributed by atoms with Crippen molar-refractivity contribution in [3.63, 3.8) is 0 Å². The van der Waals surface area contributed by atoms with Crippen LogP contribution in [0.5, 0.6) is 0 Å². The molecule has 0 radical (unpaired) electrons. The summed E-state index contributed by atoms with van der Waals surface area (Å²) in [6, 6.07) is 0. The Bertz CT molecular complexity index is 1310. The molecule has 0 aromatic heterocycles. The van der Waals surface area contributed by atoms with Gasteiger partial charge in [0.25, 0.3) is 0 Å². The second-order valence-corrected chi connectivity index (χ2v) is 24.1. The molecule has 8 nitrogen and oxygen atoms in total. The molecule has 0 aliphatic heterocycles. The van der Waals surface area contributed by atoms with Crippen molar-refractivity contribution in [2.45, 2.75) is 406 Å². The van der Waals surface area contributed by atoms with Crippen LogP contribution < -0.4 is 0 Å². The molecule has 0 aliphatic carbocycles. The number of rotatable bonds is 65. The van der Waals surface area contributed by atoms with Gasteiger partial charge in [0.15, 0.2) is 6.10 Å². The van der Waals surface area contributed by atoms with E-state index in [0.29, 0.717) is 25.7 Å². The molecular weight excluding hydrogens is 981 g/mol. The van der Waals surface area contributed by atoms with Gasteiger partial charge < -0.3 is 18.9 Å². The van der Waals surface area contributed by atoms with Gasteiger partial charge in [-0.2, -0.15) is 0 Å². The van der Waals surface area contributed by atoms with Crippen molar-refractivity contribution in [3.05, 3.63) is 12.2 Å². The van der Waals surface area contributed by atoms with E-state index in [1.54, 1.807) is 0 Å². The van der Waals surface area contributed by atoms with Crippen molar-refractivity contribution >= 4 is 23.9 Å². The van der Waals surface area contributed by atoms with E-state index in [2.05, 4.69) is 39.8 Å². The Kier molecular flexibility index (Phi) is 62.8. The summed E-state index contributed by atoms with van der Waals surface area (Å²) in [5.41, 5.74) is 0. The molecular formula is C71H134O8. The first-order valence-corrected chi connectivity index (χ1v) is 35.2. The molecule has 0 spiro atoms. The predicted molar refractivity (Wildman–Crippen MR) is 337 cm³/mol. The Morgan fingerprint density at radius 2 is 0.468 bits per heavy atom. The van der Waals surface area contributed by atoms with Crippen LogP contribution in [-0.2, 0) is 38.1 Å². The lowest BCUT2D eigenvalue weighted by Crippen LogP contribution is -2.30. The molecule has 466 valence electrons. The topological polar surface area (TPSA) is 105 Å². The fourth-order valence-corrected chi connectivity index (χ4v) is 10.8. The molecule has 0 heterocycles. The van der Waals surface area contributed by atoms with Gasteiger partial charge in [-0.05, 0) is 77.0 Å². The minimum Gasteiger partial charge on any atom is -0.462 e. The Morgan fingerprint density at radius 1 is 0.253 bits per heavy atom. The Hall–Kier alpha value is -2.38. The zero-order valence-electron chi connectivity index (χ0n) is 53.3. The number of allylic oxidation sites excluding steroid dienone is 2. The maximum absolute atomic E-state index is 13.0. The summed E-state index contributed by atoms with van der Waals surface area (Å²) in [6.07, 6.45) is 69.5. The molecule has 0 N–H and O–H groups in total. The monoisotopic (exact) mass is 1120 g/mol. The molecule has 2 atom stereocenters. The molecule has 0 aromatic rings. The zero-order valence-corrected chi connectivity index (χ0v) is 53.3. The number of hydrogen-bond donors (Lipinski definition) is 0. The third kappa shape index (κ3) is 61.5. The Morgan fingerprint density at radius 3 is 0.759 bits per heavy atom. The van der Waals surface area contributed by atoms with Gasteiger partial charge in [0.05, 0.1) is 0 Å². The van der Waals surface area contributed by atoms with Crippen LogP contribution in [0, 0.1) is 0 Å². The van der Waals surface area contributed by atoms with Crippen LogP contribution in [0.4, 0.5) is 0 Å². The van der Waals surface area contributed by atoms with Gasteiger partial charge in [-0.15, -0.1) is 0 Å². The van der Waals surface area contributed by atoms with Crippen molar-refractivity contribution in [2.24, 2.45) is 0 Å². The summed E-state index contributed by atoms with van der Waals surface area (Å²) < 4.78 is 23.0. The first-order chi connectivity index (χ1) is 38.9. The predicted octanol–water partition coefficient (Wildman–Crippen LogP) is 22.8. The highest BCUT2D eigenvalue weighted by Gasteiger charge is 2.20. The quantitative estimate of drug-likeness (QED) is 0.0257. The van der Waals surface area contributed by atoms with Crippen molar-refractivity contribution < 1.29 is 38.1 Å². The second kappa shape index (κ2) is 64.8. The Labute approximate surface area is 491 Å². The minimum absolute atomic E-state index is 0.00421. The number of unbranched alkanes of at least 4 members (excludes halogenated alkanes) is 45. The number of carbonyl (C=O) groups is 4. The zero-order chi connectivity index (χ0) is 57.4. The van der Waals surface area contributed by atoms with Gasteiger partial charge in [-0.25, -0.2) is 0 Å². The Balaban J connectivity index is 4.56. The van der Waals surface area contributed by atoms with E-state index in [0.717, 1.165) is 116 Å². The van der Waals surface area contributed by atoms with E-state index < -0.39 is 6.10 Å². The lowest BCUT2D eigenvalue weighted by molar-refractivity contribution is -0.167.